The van der Waals surface area contributed by atoms with Crippen LogP contribution in [-0.2, 0) is 4.79 Å². The second-order valence-electron chi connectivity index (χ2n) is 4.92. The summed E-state index contributed by atoms with van der Waals surface area (Å²) in [5, 5.41) is 2.63. The van der Waals surface area contributed by atoms with E-state index in [9.17, 15) is 9.18 Å². The van der Waals surface area contributed by atoms with E-state index in [4.69, 9.17) is 5.73 Å². The van der Waals surface area contributed by atoms with E-state index in [1.165, 1.54) is 23.9 Å². The van der Waals surface area contributed by atoms with Gasteiger partial charge in [0.05, 0.1) is 10.9 Å². The number of halogens is 1. The first kappa shape index (κ1) is 15.8. The van der Waals surface area contributed by atoms with Gasteiger partial charge in [-0.1, -0.05) is 13.8 Å². The summed E-state index contributed by atoms with van der Waals surface area (Å²) in [7, 11) is 0. The number of nitrogens with one attached hydrogen (secondary N) is 1. The predicted molar refractivity (Wildman–Crippen MR) is 78.6 cm³/mol. The van der Waals surface area contributed by atoms with E-state index in [0.717, 1.165) is 6.42 Å². The highest BCUT2D eigenvalue weighted by Gasteiger charge is 2.14. The summed E-state index contributed by atoms with van der Waals surface area (Å²) in [5.41, 5.74) is 5.53. The number of nitrogens with two attached hydrogens (primary N) is 1. The van der Waals surface area contributed by atoms with Crippen molar-refractivity contribution in [3.05, 3.63) is 24.0 Å². The van der Waals surface area contributed by atoms with Crippen molar-refractivity contribution in [2.24, 2.45) is 5.92 Å². The molecule has 1 amide bonds. The molecule has 106 valence electrons. The van der Waals surface area contributed by atoms with Gasteiger partial charge in [0.15, 0.2) is 0 Å². The standard InChI is InChI=1S/C14H21FN2OS/c1-9(2)6-7-17-14(18)10(3)19-11-4-5-13(16)12(15)8-11/h4-5,8-10H,6-7,16H2,1-3H3,(H,17,18). The predicted octanol–water partition coefficient (Wildman–Crippen LogP) is 3.05. The lowest BCUT2D eigenvalue weighted by molar-refractivity contribution is -0.120. The minimum absolute atomic E-state index is 0.0251. The average molecular weight is 284 g/mol. The second kappa shape index (κ2) is 7.38. The fourth-order valence-electron chi connectivity index (χ4n) is 1.47. The van der Waals surface area contributed by atoms with Gasteiger partial charge in [-0.25, -0.2) is 4.39 Å². The Morgan fingerprint density at radius 1 is 1.42 bits per heavy atom. The van der Waals surface area contributed by atoms with Gasteiger partial charge in [0.2, 0.25) is 5.91 Å². The minimum atomic E-state index is -0.447. The third-order valence-corrected chi connectivity index (χ3v) is 3.77. The van der Waals surface area contributed by atoms with E-state index in [1.54, 1.807) is 6.07 Å². The molecule has 0 bridgehead atoms. The molecule has 0 radical (unpaired) electrons. The molecule has 19 heavy (non-hydrogen) atoms. The Bertz CT molecular complexity index is 437. The number of hydrogen-bond acceptors (Lipinski definition) is 3. The van der Waals surface area contributed by atoms with Gasteiger partial charge in [-0.2, -0.15) is 0 Å². The van der Waals surface area contributed by atoms with Crippen LogP contribution in [-0.4, -0.2) is 17.7 Å². The molecule has 1 aromatic carbocycles. The molecule has 1 aromatic rings. The fourth-order valence-corrected chi connectivity index (χ4v) is 2.38. The highest BCUT2D eigenvalue weighted by atomic mass is 32.2. The minimum Gasteiger partial charge on any atom is -0.396 e. The average Bonchev–Trinajstić information content (AvgIpc) is 2.33. The smallest absolute Gasteiger partial charge is 0.233 e. The first-order valence-corrected chi connectivity index (χ1v) is 7.27. The maximum absolute atomic E-state index is 13.3. The Morgan fingerprint density at radius 2 is 2.11 bits per heavy atom. The molecule has 5 heteroatoms. The van der Waals surface area contributed by atoms with Crippen LogP contribution in [0.15, 0.2) is 23.1 Å². The zero-order valence-electron chi connectivity index (χ0n) is 11.6. The topological polar surface area (TPSA) is 55.1 Å². The van der Waals surface area contributed by atoms with Gasteiger partial charge >= 0.3 is 0 Å². The van der Waals surface area contributed by atoms with E-state index in [0.29, 0.717) is 17.4 Å². The number of benzene rings is 1. The summed E-state index contributed by atoms with van der Waals surface area (Å²) in [4.78, 5) is 12.5. The lowest BCUT2D eigenvalue weighted by Crippen LogP contribution is -2.32. The molecule has 3 N–H and O–H groups in total. The first-order valence-electron chi connectivity index (χ1n) is 6.39. The maximum Gasteiger partial charge on any atom is 0.233 e. The van der Waals surface area contributed by atoms with Crippen molar-refractivity contribution in [1.82, 2.24) is 5.32 Å². The number of hydrogen-bond donors (Lipinski definition) is 2. The molecule has 0 aliphatic heterocycles. The van der Waals surface area contributed by atoms with Gasteiger partial charge in [0, 0.05) is 11.4 Å². The number of rotatable bonds is 6. The van der Waals surface area contributed by atoms with Crippen molar-refractivity contribution in [2.45, 2.75) is 37.3 Å². The Kier molecular flexibility index (Phi) is 6.15. The van der Waals surface area contributed by atoms with Crippen molar-refractivity contribution < 1.29 is 9.18 Å². The van der Waals surface area contributed by atoms with Crippen LogP contribution >= 0.6 is 11.8 Å². The van der Waals surface area contributed by atoms with Crippen LogP contribution in [0.3, 0.4) is 0 Å². The number of thioether (sulfide) groups is 1. The quantitative estimate of drug-likeness (QED) is 0.623. The molecule has 0 aliphatic rings. The van der Waals surface area contributed by atoms with Gasteiger partial charge in [0.25, 0.3) is 0 Å². The van der Waals surface area contributed by atoms with E-state index in [1.807, 2.05) is 6.92 Å². The third kappa shape index (κ3) is 5.51. The normalized spacial score (nSPS) is 12.5. The molecule has 0 saturated heterocycles. The summed E-state index contributed by atoms with van der Waals surface area (Å²) in [6.07, 6.45) is 0.958. The van der Waals surface area contributed by atoms with Crippen LogP contribution in [0.5, 0.6) is 0 Å². The summed E-state index contributed by atoms with van der Waals surface area (Å²) in [6.45, 7) is 6.71. The summed E-state index contributed by atoms with van der Waals surface area (Å²) in [5.74, 6) is 0.0924. The molecule has 0 saturated carbocycles. The number of anilines is 1. The Balaban J connectivity index is 2.47. The maximum atomic E-state index is 13.3. The SMILES string of the molecule is CC(C)CCNC(=O)C(C)Sc1ccc(N)c(F)c1. The van der Waals surface area contributed by atoms with E-state index < -0.39 is 5.82 Å². The largest absolute Gasteiger partial charge is 0.396 e. The van der Waals surface area contributed by atoms with Crippen LogP contribution < -0.4 is 11.1 Å². The monoisotopic (exact) mass is 284 g/mol. The van der Waals surface area contributed by atoms with Crippen LogP contribution in [0.1, 0.15) is 27.2 Å². The van der Waals surface area contributed by atoms with Gasteiger partial charge in [-0.3, -0.25) is 4.79 Å². The lowest BCUT2D eigenvalue weighted by atomic mass is 10.1. The highest BCUT2D eigenvalue weighted by molar-refractivity contribution is 8.00. The van der Waals surface area contributed by atoms with Crippen molar-refractivity contribution in [2.75, 3.05) is 12.3 Å². The summed E-state index contributed by atoms with van der Waals surface area (Å²) < 4.78 is 13.3. The molecule has 1 atom stereocenters. The highest BCUT2D eigenvalue weighted by Crippen LogP contribution is 2.25. The molecule has 0 heterocycles. The molecule has 0 fully saturated rings. The molecule has 1 unspecified atom stereocenters. The number of carbonyl (C=O) groups is 1. The Hall–Kier alpha value is -1.23. The van der Waals surface area contributed by atoms with Crippen LogP contribution in [0.25, 0.3) is 0 Å². The van der Waals surface area contributed by atoms with Crippen LogP contribution in [0, 0.1) is 11.7 Å². The van der Waals surface area contributed by atoms with Crippen LogP contribution in [0.2, 0.25) is 0 Å². The Morgan fingerprint density at radius 3 is 2.68 bits per heavy atom. The van der Waals surface area contributed by atoms with Crippen molar-refractivity contribution in [3.8, 4) is 0 Å². The third-order valence-electron chi connectivity index (χ3n) is 2.67. The summed E-state index contributed by atoms with van der Waals surface area (Å²) >= 11 is 1.33. The van der Waals surface area contributed by atoms with Crippen molar-refractivity contribution >= 4 is 23.4 Å². The lowest BCUT2D eigenvalue weighted by Gasteiger charge is -2.13. The summed E-state index contributed by atoms with van der Waals surface area (Å²) in [6, 6.07) is 4.60. The Labute approximate surface area is 118 Å². The molecule has 3 nitrogen and oxygen atoms in total. The second-order valence-corrected chi connectivity index (χ2v) is 6.33. The molecule has 0 aromatic heterocycles. The van der Waals surface area contributed by atoms with E-state index in [-0.39, 0.29) is 16.8 Å². The van der Waals surface area contributed by atoms with E-state index >= 15 is 0 Å². The van der Waals surface area contributed by atoms with Gasteiger partial charge in [-0.05, 0) is 37.5 Å². The zero-order valence-corrected chi connectivity index (χ0v) is 12.4. The molecular weight excluding hydrogens is 263 g/mol. The zero-order chi connectivity index (χ0) is 14.4. The molecule has 1 rings (SSSR count). The van der Waals surface area contributed by atoms with Crippen molar-refractivity contribution in [1.29, 1.82) is 0 Å². The van der Waals surface area contributed by atoms with Gasteiger partial charge in [0.1, 0.15) is 5.82 Å². The molecule has 0 aliphatic carbocycles. The van der Waals surface area contributed by atoms with Crippen LogP contribution in [0.4, 0.5) is 10.1 Å². The fraction of sp³-hybridized carbons (Fsp3) is 0.500. The number of amides is 1. The van der Waals surface area contributed by atoms with E-state index in [2.05, 4.69) is 19.2 Å². The molecule has 0 spiro atoms. The van der Waals surface area contributed by atoms with Crippen molar-refractivity contribution in [3.63, 3.8) is 0 Å². The molecular formula is C14H21FN2OS. The van der Waals surface area contributed by atoms with Gasteiger partial charge in [-0.15, -0.1) is 11.8 Å². The van der Waals surface area contributed by atoms with Gasteiger partial charge < -0.3 is 11.1 Å². The number of carbonyl (C=O) groups excluding carboxylic acids is 1. The first-order chi connectivity index (χ1) is 8.90. The number of nitrogen functional groups attached to an aromatic ring is 1.